The van der Waals surface area contributed by atoms with Gasteiger partial charge in [-0.2, -0.15) is 0 Å². The zero-order valence-corrected chi connectivity index (χ0v) is 11.6. The minimum absolute atomic E-state index is 0.777. The smallest absolute Gasteiger partial charge is 0.00948 e. The van der Waals surface area contributed by atoms with Gasteiger partial charge < -0.3 is 5.32 Å². The average molecular weight is 225 g/mol. The van der Waals surface area contributed by atoms with Crippen molar-refractivity contribution in [3.63, 3.8) is 0 Å². The van der Waals surface area contributed by atoms with Crippen molar-refractivity contribution in [3.8, 4) is 0 Å². The molecule has 2 atom stereocenters. The molecule has 0 saturated heterocycles. The largest absolute Gasteiger partial charge is 0.317 e. The maximum Gasteiger partial charge on any atom is 0.00948 e. The lowest BCUT2D eigenvalue weighted by Gasteiger charge is -2.28. The summed E-state index contributed by atoms with van der Waals surface area (Å²) in [5.41, 5.74) is 0. The lowest BCUT2D eigenvalue weighted by molar-refractivity contribution is 0.280. The SMILES string of the molecule is CCCCC(CC)C(CC1CCCC1)NC. The molecule has 1 heteroatoms. The summed E-state index contributed by atoms with van der Waals surface area (Å²) < 4.78 is 0. The van der Waals surface area contributed by atoms with E-state index in [-0.39, 0.29) is 0 Å². The Bertz CT molecular complexity index is 161. The van der Waals surface area contributed by atoms with Gasteiger partial charge in [0, 0.05) is 6.04 Å². The summed E-state index contributed by atoms with van der Waals surface area (Å²) in [5.74, 6) is 1.93. The van der Waals surface area contributed by atoms with Crippen molar-refractivity contribution in [2.24, 2.45) is 11.8 Å². The monoisotopic (exact) mass is 225 g/mol. The number of hydrogen-bond acceptors (Lipinski definition) is 1. The maximum absolute atomic E-state index is 3.59. The first-order valence-corrected chi connectivity index (χ1v) is 7.49. The van der Waals surface area contributed by atoms with Gasteiger partial charge in [0.25, 0.3) is 0 Å². The third kappa shape index (κ3) is 4.45. The van der Waals surface area contributed by atoms with E-state index in [2.05, 4.69) is 26.2 Å². The van der Waals surface area contributed by atoms with Crippen molar-refractivity contribution in [2.75, 3.05) is 7.05 Å². The molecule has 0 aliphatic heterocycles. The summed E-state index contributed by atoms with van der Waals surface area (Å²) in [4.78, 5) is 0. The van der Waals surface area contributed by atoms with E-state index in [1.54, 1.807) is 0 Å². The van der Waals surface area contributed by atoms with Crippen LogP contribution in [0.3, 0.4) is 0 Å². The van der Waals surface area contributed by atoms with Gasteiger partial charge in [-0.1, -0.05) is 58.8 Å². The van der Waals surface area contributed by atoms with Crippen LogP contribution in [0, 0.1) is 11.8 Å². The molecule has 0 heterocycles. The van der Waals surface area contributed by atoms with Crippen LogP contribution >= 0.6 is 0 Å². The number of hydrogen-bond donors (Lipinski definition) is 1. The molecular weight excluding hydrogens is 194 g/mol. The molecule has 0 radical (unpaired) electrons. The fourth-order valence-electron chi connectivity index (χ4n) is 3.31. The van der Waals surface area contributed by atoms with Crippen LogP contribution in [0.2, 0.25) is 0 Å². The second-order valence-electron chi connectivity index (χ2n) is 5.59. The summed E-state index contributed by atoms with van der Waals surface area (Å²) in [7, 11) is 2.16. The van der Waals surface area contributed by atoms with E-state index in [0.717, 1.165) is 17.9 Å². The summed E-state index contributed by atoms with van der Waals surface area (Å²) in [6.07, 6.45) is 12.9. The minimum Gasteiger partial charge on any atom is -0.317 e. The quantitative estimate of drug-likeness (QED) is 0.647. The van der Waals surface area contributed by atoms with E-state index in [1.807, 2.05) is 0 Å². The highest BCUT2D eigenvalue weighted by Gasteiger charge is 2.23. The normalized spacial score (nSPS) is 21.2. The Morgan fingerprint density at radius 2 is 1.88 bits per heavy atom. The third-order valence-corrected chi connectivity index (χ3v) is 4.45. The molecule has 1 rings (SSSR count). The van der Waals surface area contributed by atoms with E-state index in [0.29, 0.717) is 0 Å². The van der Waals surface area contributed by atoms with E-state index >= 15 is 0 Å². The fraction of sp³-hybridized carbons (Fsp3) is 1.00. The molecule has 0 spiro atoms. The van der Waals surface area contributed by atoms with Crippen LogP contribution in [0.15, 0.2) is 0 Å². The second kappa shape index (κ2) is 8.11. The first-order valence-electron chi connectivity index (χ1n) is 7.49. The van der Waals surface area contributed by atoms with Gasteiger partial charge in [-0.3, -0.25) is 0 Å². The fourth-order valence-corrected chi connectivity index (χ4v) is 3.31. The van der Waals surface area contributed by atoms with Gasteiger partial charge in [-0.05, 0) is 31.7 Å². The van der Waals surface area contributed by atoms with Crippen molar-refractivity contribution < 1.29 is 0 Å². The molecule has 0 bridgehead atoms. The van der Waals surface area contributed by atoms with Crippen LogP contribution in [-0.2, 0) is 0 Å². The Hall–Kier alpha value is -0.0400. The molecule has 16 heavy (non-hydrogen) atoms. The van der Waals surface area contributed by atoms with Crippen molar-refractivity contribution >= 4 is 0 Å². The number of unbranched alkanes of at least 4 members (excludes halogenated alkanes) is 1. The predicted octanol–water partition coefficient (Wildman–Crippen LogP) is 4.37. The van der Waals surface area contributed by atoms with Gasteiger partial charge >= 0.3 is 0 Å². The summed E-state index contributed by atoms with van der Waals surface area (Å²) in [6, 6.07) is 0.777. The van der Waals surface area contributed by atoms with Crippen LogP contribution in [0.4, 0.5) is 0 Å². The van der Waals surface area contributed by atoms with Gasteiger partial charge in [0.2, 0.25) is 0 Å². The summed E-state index contributed by atoms with van der Waals surface area (Å²) in [6.45, 7) is 4.66. The van der Waals surface area contributed by atoms with Crippen LogP contribution in [0.1, 0.15) is 71.6 Å². The Morgan fingerprint density at radius 3 is 2.38 bits per heavy atom. The van der Waals surface area contributed by atoms with Crippen molar-refractivity contribution in [3.05, 3.63) is 0 Å². The van der Waals surface area contributed by atoms with E-state index in [1.165, 1.54) is 57.8 Å². The number of nitrogens with one attached hydrogen (secondary N) is 1. The van der Waals surface area contributed by atoms with Gasteiger partial charge in [0.1, 0.15) is 0 Å². The van der Waals surface area contributed by atoms with Crippen molar-refractivity contribution in [2.45, 2.75) is 77.7 Å². The van der Waals surface area contributed by atoms with Crippen LogP contribution in [0.25, 0.3) is 0 Å². The predicted molar refractivity (Wildman–Crippen MR) is 72.7 cm³/mol. The molecule has 0 aromatic rings. The maximum atomic E-state index is 3.59. The average Bonchev–Trinajstić information content (AvgIpc) is 2.81. The van der Waals surface area contributed by atoms with Gasteiger partial charge in [-0.15, -0.1) is 0 Å². The Labute approximate surface area is 102 Å². The lowest BCUT2D eigenvalue weighted by Crippen LogP contribution is -2.35. The van der Waals surface area contributed by atoms with Gasteiger partial charge in [0.05, 0.1) is 0 Å². The van der Waals surface area contributed by atoms with E-state index in [4.69, 9.17) is 0 Å². The molecule has 1 saturated carbocycles. The topological polar surface area (TPSA) is 12.0 Å². The highest BCUT2D eigenvalue weighted by atomic mass is 14.9. The zero-order chi connectivity index (χ0) is 11.8. The molecule has 0 aromatic carbocycles. The van der Waals surface area contributed by atoms with Crippen LogP contribution < -0.4 is 5.32 Å². The van der Waals surface area contributed by atoms with Crippen molar-refractivity contribution in [1.82, 2.24) is 5.32 Å². The molecule has 0 amide bonds. The highest BCUT2D eigenvalue weighted by molar-refractivity contribution is 4.79. The van der Waals surface area contributed by atoms with Gasteiger partial charge in [0.15, 0.2) is 0 Å². The second-order valence-corrected chi connectivity index (χ2v) is 5.59. The first-order chi connectivity index (χ1) is 7.81. The molecule has 1 fully saturated rings. The molecule has 1 aliphatic rings. The molecular formula is C15H31N. The van der Waals surface area contributed by atoms with E-state index in [9.17, 15) is 0 Å². The Morgan fingerprint density at radius 1 is 1.19 bits per heavy atom. The third-order valence-electron chi connectivity index (χ3n) is 4.45. The molecule has 1 N–H and O–H groups in total. The highest BCUT2D eigenvalue weighted by Crippen LogP contribution is 2.31. The molecule has 1 aliphatic carbocycles. The minimum atomic E-state index is 0.777. The Kier molecular flexibility index (Phi) is 7.11. The van der Waals surface area contributed by atoms with Crippen LogP contribution in [0.5, 0.6) is 0 Å². The molecule has 0 aromatic heterocycles. The van der Waals surface area contributed by atoms with E-state index < -0.39 is 0 Å². The molecule has 1 nitrogen and oxygen atoms in total. The first kappa shape index (κ1) is 14.0. The summed E-state index contributed by atoms with van der Waals surface area (Å²) >= 11 is 0. The van der Waals surface area contributed by atoms with Crippen molar-refractivity contribution in [1.29, 1.82) is 0 Å². The lowest BCUT2D eigenvalue weighted by atomic mass is 9.85. The summed E-state index contributed by atoms with van der Waals surface area (Å²) in [5, 5.41) is 3.59. The number of rotatable bonds is 8. The molecule has 2 unspecified atom stereocenters. The van der Waals surface area contributed by atoms with Crippen LogP contribution in [-0.4, -0.2) is 13.1 Å². The Balaban J connectivity index is 2.35. The standard InChI is InChI=1S/C15H31N/c1-4-6-11-14(5-2)15(16-3)12-13-9-7-8-10-13/h13-16H,4-12H2,1-3H3. The van der Waals surface area contributed by atoms with Gasteiger partial charge in [-0.25, -0.2) is 0 Å². The zero-order valence-electron chi connectivity index (χ0n) is 11.6. The molecule has 96 valence electrons.